The second-order valence-corrected chi connectivity index (χ2v) is 5.86. The lowest BCUT2D eigenvalue weighted by atomic mass is 10.1. The molecule has 0 N–H and O–H groups in total. The standard InChI is InChI=1S/C15H23N5/c1-12(2)10-19(11-13(3)4)15-16-8-6-14(18-15)20-9-5-7-17-20/h5-9,12-13H,10-11H2,1-4H3. The minimum atomic E-state index is 0.575. The highest BCUT2D eigenvalue weighted by Gasteiger charge is 2.14. The minimum Gasteiger partial charge on any atom is -0.340 e. The smallest absolute Gasteiger partial charge is 0.227 e. The first kappa shape index (κ1) is 14.5. The van der Waals surface area contributed by atoms with Crippen molar-refractivity contribution in [2.24, 2.45) is 11.8 Å². The van der Waals surface area contributed by atoms with E-state index in [1.807, 2.05) is 18.3 Å². The van der Waals surface area contributed by atoms with E-state index in [4.69, 9.17) is 0 Å². The molecular formula is C15H23N5. The van der Waals surface area contributed by atoms with Crippen molar-refractivity contribution in [1.29, 1.82) is 0 Å². The number of rotatable bonds is 6. The third-order valence-corrected chi connectivity index (χ3v) is 2.82. The van der Waals surface area contributed by atoms with E-state index in [0.717, 1.165) is 24.9 Å². The quantitative estimate of drug-likeness (QED) is 0.812. The lowest BCUT2D eigenvalue weighted by molar-refractivity contribution is 0.543. The maximum absolute atomic E-state index is 4.64. The van der Waals surface area contributed by atoms with Crippen LogP contribution < -0.4 is 4.90 Å². The molecule has 0 unspecified atom stereocenters. The number of nitrogens with zero attached hydrogens (tertiary/aromatic N) is 5. The van der Waals surface area contributed by atoms with E-state index in [1.54, 1.807) is 17.1 Å². The van der Waals surface area contributed by atoms with Crippen LogP contribution in [0.15, 0.2) is 30.7 Å². The molecule has 0 saturated heterocycles. The number of aromatic nitrogens is 4. The summed E-state index contributed by atoms with van der Waals surface area (Å²) in [6.45, 7) is 10.8. The maximum Gasteiger partial charge on any atom is 0.227 e. The fraction of sp³-hybridized carbons (Fsp3) is 0.533. The van der Waals surface area contributed by atoms with Gasteiger partial charge in [0.25, 0.3) is 0 Å². The van der Waals surface area contributed by atoms with Gasteiger partial charge in [0.2, 0.25) is 5.95 Å². The molecule has 0 saturated carbocycles. The molecule has 0 amide bonds. The zero-order valence-electron chi connectivity index (χ0n) is 12.7. The fourth-order valence-corrected chi connectivity index (χ4v) is 2.14. The van der Waals surface area contributed by atoms with Crippen LogP contribution >= 0.6 is 0 Å². The van der Waals surface area contributed by atoms with Crippen LogP contribution in [-0.4, -0.2) is 32.8 Å². The Kier molecular flexibility index (Phi) is 4.71. The zero-order valence-corrected chi connectivity index (χ0v) is 12.7. The maximum atomic E-state index is 4.64. The second kappa shape index (κ2) is 6.50. The molecule has 0 aliphatic carbocycles. The van der Waals surface area contributed by atoms with Crippen molar-refractivity contribution in [3.05, 3.63) is 30.7 Å². The van der Waals surface area contributed by atoms with Crippen LogP contribution in [0, 0.1) is 11.8 Å². The van der Waals surface area contributed by atoms with Gasteiger partial charge in [-0.15, -0.1) is 0 Å². The van der Waals surface area contributed by atoms with Gasteiger partial charge < -0.3 is 4.90 Å². The van der Waals surface area contributed by atoms with Gasteiger partial charge in [0.15, 0.2) is 5.82 Å². The summed E-state index contributed by atoms with van der Waals surface area (Å²) >= 11 is 0. The zero-order chi connectivity index (χ0) is 14.5. The Hall–Kier alpha value is -1.91. The molecule has 20 heavy (non-hydrogen) atoms. The van der Waals surface area contributed by atoms with E-state index < -0.39 is 0 Å². The summed E-state index contributed by atoms with van der Waals surface area (Å²) in [7, 11) is 0. The number of hydrogen-bond donors (Lipinski definition) is 0. The van der Waals surface area contributed by atoms with Gasteiger partial charge in [-0.05, 0) is 17.9 Å². The lowest BCUT2D eigenvalue weighted by Crippen LogP contribution is -2.33. The highest BCUT2D eigenvalue weighted by molar-refractivity contribution is 5.34. The van der Waals surface area contributed by atoms with Gasteiger partial charge in [-0.25, -0.2) is 9.67 Å². The molecule has 2 aromatic rings. The Morgan fingerprint density at radius 2 is 1.80 bits per heavy atom. The first-order valence-electron chi connectivity index (χ1n) is 7.14. The molecule has 0 aliphatic rings. The van der Waals surface area contributed by atoms with Crippen molar-refractivity contribution in [2.45, 2.75) is 27.7 Å². The van der Waals surface area contributed by atoms with Crippen molar-refractivity contribution in [2.75, 3.05) is 18.0 Å². The van der Waals surface area contributed by atoms with Gasteiger partial charge in [-0.2, -0.15) is 10.1 Å². The van der Waals surface area contributed by atoms with Crippen LogP contribution in [0.25, 0.3) is 5.82 Å². The van der Waals surface area contributed by atoms with Crippen molar-refractivity contribution in [3.63, 3.8) is 0 Å². The monoisotopic (exact) mass is 273 g/mol. The van der Waals surface area contributed by atoms with Gasteiger partial charge in [-0.3, -0.25) is 0 Å². The minimum absolute atomic E-state index is 0.575. The van der Waals surface area contributed by atoms with Gasteiger partial charge in [0, 0.05) is 37.7 Å². The molecule has 0 aromatic carbocycles. The van der Waals surface area contributed by atoms with Crippen LogP contribution in [-0.2, 0) is 0 Å². The molecule has 0 spiro atoms. The van der Waals surface area contributed by atoms with Crippen LogP contribution in [0.2, 0.25) is 0 Å². The van der Waals surface area contributed by atoms with Gasteiger partial charge in [0.05, 0.1) is 0 Å². The Morgan fingerprint density at radius 3 is 2.35 bits per heavy atom. The largest absolute Gasteiger partial charge is 0.340 e. The number of anilines is 1. The molecular weight excluding hydrogens is 250 g/mol. The lowest BCUT2D eigenvalue weighted by Gasteiger charge is -2.26. The Bertz CT molecular complexity index is 509. The average Bonchev–Trinajstić information content (AvgIpc) is 2.91. The van der Waals surface area contributed by atoms with E-state index in [-0.39, 0.29) is 0 Å². The summed E-state index contributed by atoms with van der Waals surface area (Å²) in [5.74, 6) is 2.73. The summed E-state index contributed by atoms with van der Waals surface area (Å²) in [4.78, 5) is 11.3. The Labute approximate surface area is 120 Å². The molecule has 0 bridgehead atoms. The molecule has 5 heteroatoms. The van der Waals surface area contributed by atoms with Gasteiger partial charge in [0.1, 0.15) is 0 Å². The van der Waals surface area contributed by atoms with Gasteiger partial charge >= 0.3 is 0 Å². The summed E-state index contributed by atoms with van der Waals surface area (Å²) in [5, 5.41) is 4.22. The fourth-order valence-electron chi connectivity index (χ4n) is 2.14. The molecule has 2 heterocycles. The molecule has 0 aliphatic heterocycles. The first-order valence-corrected chi connectivity index (χ1v) is 7.14. The van der Waals surface area contributed by atoms with Crippen LogP contribution in [0.4, 0.5) is 5.95 Å². The molecule has 108 valence electrons. The van der Waals surface area contributed by atoms with Crippen molar-refractivity contribution >= 4 is 5.95 Å². The second-order valence-electron chi connectivity index (χ2n) is 5.86. The topological polar surface area (TPSA) is 46.8 Å². The molecule has 0 fully saturated rings. The first-order chi connectivity index (χ1) is 9.56. The highest BCUT2D eigenvalue weighted by atomic mass is 15.3. The SMILES string of the molecule is CC(C)CN(CC(C)C)c1nccc(-n2cccn2)n1. The summed E-state index contributed by atoms with van der Waals surface area (Å²) in [5.41, 5.74) is 0. The molecule has 0 atom stereocenters. The third-order valence-electron chi connectivity index (χ3n) is 2.82. The summed E-state index contributed by atoms with van der Waals surface area (Å²) in [6, 6.07) is 3.77. The Morgan fingerprint density at radius 1 is 1.10 bits per heavy atom. The third kappa shape index (κ3) is 3.79. The van der Waals surface area contributed by atoms with Gasteiger partial charge in [-0.1, -0.05) is 27.7 Å². The highest BCUT2D eigenvalue weighted by Crippen LogP contribution is 2.14. The molecule has 0 radical (unpaired) electrons. The average molecular weight is 273 g/mol. The predicted molar refractivity (Wildman–Crippen MR) is 81.0 cm³/mol. The molecule has 5 nitrogen and oxygen atoms in total. The van der Waals surface area contributed by atoms with Crippen molar-refractivity contribution < 1.29 is 0 Å². The van der Waals surface area contributed by atoms with E-state index in [1.165, 1.54) is 0 Å². The van der Waals surface area contributed by atoms with Crippen molar-refractivity contribution in [1.82, 2.24) is 19.7 Å². The van der Waals surface area contributed by atoms with Crippen LogP contribution in [0.5, 0.6) is 0 Å². The molecule has 2 rings (SSSR count). The predicted octanol–water partition coefficient (Wildman–Crippen LogP) is 2.78. The van der Waals surface area contributed by atoms with Crippen LogP contribution in [0.3, 0.4) is 0 Å². The summed E-state index contributed by atoms with van der Waals surface area (Å²) in [6.07, 6.45) is 5.44. The Balaban J connectivity index is 2.26. The van der Waals surface area contributed by atoms with Crippen LogP contribution in [0.1, 0.15) is 27.7 Å². The van der Waals surface area contributed by atoms with E-state index in [2.05, 4.69) is 47.7 Å². The normalized spacial score (nSPS) is 11.3. The van der Waals surface area contributed by atoms with E-state index in [0.29, 0.717) is 11.8 Å². The van der Waals surface area contributed by atoms with E-state index in [9.17, 15) is 0 Å². The molecule has 2 aromatic heterocycles. The van der Waals surface area contributed by atoms with Crippen molar-refractivity contribution in [3.8, 4) is 5.82 Å². The van der Waals surface area contributed by atoms with E-state index >= 15 is 0 Å². The number of hydrogen-bond acceptors (Lipinski definition) is 4. The summed E-state index contributed by atoms with van der Waals surface area (Å²) < 4.78 is 1.76.